The van der Waals surface area contributed by atoms with E-state index in [4.69, 9.17) is 4.52 Å². The van der Waals surface area contributed by atoms with E-state index < -0.39 is 0 Å². The van der Waals surface area contributed by atoms with Crippen molar-refractivity contribution in [1.29, 1.82) is 0 Å². The zero-order chi connectivity index (χ0) is 17.2. The Balaban J connectivity index is 1.38. The van der Waals surface area contributed by atoms with Crippen LogP contribution >= 0.6 is 22.7 Å². The Kier molecular flexibility index (Phi) is 4.29. The third-order valence-electron chi connectivity index (χ3n) is 3.68. The molecule has 3 heterocycles. The average Bonchev–Trinajstić information content (AvgIpc) is 3.33. The second-order valence-corrected chi connectivity index (χ2v) is 7.32. The van der Waals surface area contributed by atoms with Crippen molar-refractivity contribution in [2.75, 3.05) is 5.32 Å². The number of nitrogens with zero attached hydrogens (tertiary/aromatic N) is 3. The molecule has 3 aromatic heterocycles. The molecule has 25 heavy (non-hydrogen) atoms. The lowest BCUT2D eigenvalue weighted by Crippen LogP contribution is -2.12. The molecule has 0 spiro atoms. The normalized spacial score (nSPS) is 11.1. The van der Waals surface area contributed by atoms with Gasteiger partial charge in [-0.1, -0.05) is 28.6 Å². The van der Waals surface area contributed by atoms with E-state index in [2.05, 4.69) is 20.4 Å². The molecule has 0 radical (unpaired) electrons. The van der Waals surface area contributed by atoms with Gasteiger partial charge >= 0.3 is 0 Å². The van der Waals surface area contributed by atoms with Gasteiger partial charge < -0.3 is 9.84 Å². The van der Waals surface area contributed by atoms with Crippen LogP contribution in [0, 0.1) is 6.92 Å². The molecule has 0 saturated carbocycles. The van der Waals surface area contributed by atoms with Crippen molar-refractivity contribution in [3.8, 4) is 11.4 Å². The van der Waals surface area contributed by atoms with Gasteiger partial charge in [-0.05, 0) is 30.0 Å². The van der Waals surface area contributed by atoms with Gasteiger partial charge in [0.05, 0.1) is 10.2 Å². The molecule has 1 amide bonds. The zero-order valence-electron chi connectivity index (χ0n) is 13.4. The number of thiophene rings is 1. The van der Waals surface area contributed by atoms with Crippen molar-refractivity contribution >= 4 is 43.9 Å². The summed E-state index contributed by atoms with van der Waals surface area (Å²) in [7, 11) is 0. The molecule has 0 unspecified atom stereocenters. The van der Waals surface area contributed by atoms with Crippen LogP contribution in [0.4, 0.5) is 5.13 Å². The van der Waals surface area contributed by atoms with Gasteiger partial charge in [0.15, 0.2) is 5.13 Å². The number of carbonyl (C=O) groups is 1. The summed E-state index contributed by atoms with van der Waals surface area (Å²) >= 11 is 3.04. The van der Waals surface area contributed by atoms with E-state index in [1.54, 1.807) is 11.3 Å². The van der Waals surface area contributed by atoms with E-state index in [0.29, 0.717) is 23.3 Å². The van der Waals surface area contributed by atoms with Crippen LogP contribution in [-0.2, 0) is 11.2 Å². The highest BCUT2D eigenvalue weighted by Gasteiger charge is 2.13. The lowest BCUT2D eigenvalue weighted by molar-refractivity contribution is -0.116. The highest BCUT2D eigenvalue weighted by molar-refractivity contribution is 7.22. The van der Waals surface area contributed by atoms with E-state index in [1.165, 1.54) is 11.3 Å². The van der Waals surface area contributed by atoms with Gasteiger partial charge in [0.25, 0.3) is 0 Å². The minimum atomic E-state index is -0.119. The molecule has 4 rings (SSSR count). The number of thiazole rings is 1. The van der Waals surface area contributed by atoms with Crippen molar-refractivity contribution in [2.24, 2.45) is 0 Å². The van der Waals surface area contributed by atoms with E-state index in [1.807, 2.05) is 41.9 Å². The molecule has 0 atom stereocenters. The molecule has 0 aliphatic rings. The number of anilines is 1. The van der Waals surface area contributed by atoms with Crippen LogP contribution in [-0.4, -0.2) is 21.0 Å². The standard InChI is InChI=1S/C17H14N4O2S2/c1-10-3-2-4-12-15(10)20-17(25-12)18-13(22)5-6-14-19-16(21-23-14)11-7-8-24-9-11/h2-4,7-9H,5-6H2,1H3,(H,18,20,22). The van der Waals surface area contributed by atoms with Gasteiger partial charge in [-0.3, -0.25) is 4.79 Å². The average molecular weight is 370 g/mol. The molecule has 4 aromatic rings. The number of para-hydroxylation sites is 1. The highest BCUT2D eigenvalue weighted by Crippen LogP contribution is 2.28. The molecule has 1 aromatic carbocycles. The second kappa shape index (κ2) is 6.73. The SMILES string of the molecule is Cc1cccc2sc(NC(=O)CCc3nc(-c4ccsc4)no3)nc12. The van der Waals surface area contributed by atoms with Gasteiger partial charge in [0, 0.05) is 23.8 Å². The number of nitrogens with one attached hydrogen (secondary N) is 1. The fraction of sp³-hybridized carbons (Fsp3) is 0.176. The summed E-state index contributed by atoms with van der Waals surface area (Å²) in [6.07, 6.45) is 0.660. The molecule has 0 saturated heterocycles. The fourth-order valence-electron chi connectivity index (χ4n) is 2.41. The third kappa shape index (κ3) is 3.45. The van der Waals surface area contributed by atoms with Gasteiger partial charge in [0.2, 0.25) is 17.6 Å². The van der Waals surface area contributed by atoms with Gasteiger partial charge in [0.1, 0.15) is 0 Å². The summed E-state index contributed by atoms with van der Waals surface area (Å²) in [5.74, 6) is 0.891. The zero-order valence-corrected chi connectivity index (χ0v) is 15.0. The molecular formula is C17H14N4O2S2. The quantitative estimate of drug-likeness (QED) is 0.567. The maximum Gasteiger partial charge on any atom is 0.227 e. The Morgan fingerprint density at radius 1 is 1.28 bits per heavy atom. The van der Waals surface area contributed by atoms with Crippen LogP contribution in [0.1, 0.15) is 17.9 Å². The maximum absolute atomic E-state index is 12.2. The Morgan fingerprint density at radius 3 is 3.00 bits per heavy atom. The molecule has 0 aliphatic heterocycles. The molecule has 1 N–H and O–H groups in total. The molecule has 0 bridgehead atoms. The number of carbonyl (C=O) groups excluding carboxylic acids is 1. The number of benzene rings is 1. The van der Waals surface area contributed by atoms with Crippen molar-refractivity contribution in [1.82, 2.24) is 15.1 Å². The third-order valence-corrected chi connectivity index (χ3v) is 5.30. The van der Waals surface area contributed by atoms with Crippen molar-refractivity contribution in [3.63, 3.8) is 0 Å². The Labute approximate surface area is 151 Å². The molecule has 126 valence electrons. The summed E-state index contributed by atoms with van der Waals surface area (Å²) in [6, 6.07) is 7.93. The van der Waals surface area contributed by atoms with Crippen molar-refractivity contribution in [3.05, 3.63) is 46.5 Å². The van der Waals surface area contributed by atoms with Crippen LogP contribution in [0.5, 0.6) is 0 Å². The van der Waals surface area contributed by atoms with Crippen LogP contribution in [0.15, 0.2) is 39.5 Å². The number of fused-ring (bicyclic) bond motifs is 1. The summed E-state index contributed by atoms with van der Waals surface area (Å²) < 4.78 is 6.27. The number of hydrogen-bond donors (Lipinski definition) is 1. The summed E-state index contributed by atoms with van der Waals surface area (Å²) in [6.45, 7) is 2.01. The summed E-state index contributed by atoms with van der Waals surface area (Å²) in [4.78, 5) is 20.9. The second-order valence-electron chi connectivity index (χ2n) is 5.51. The van der Waals surface area contributed by atoms with Crippen LogP contribution in [0.25, 0.3) is 21.6 Å². The first kappa shape index (κ1) is 15.9. The summed E-state index contributed by atoms with van der Waals surface area (Å²) in [5.41, 5.74) is 2.95. The number of aromatic nitrogens is 3. The molecule has 6 nitrogen and oxygen atoms in total. The highest BCUT2D eigenvalue weighted by atomic mass is 32.1. The molecule has 0 fully saturated rings. The van der Waals surface area contributed by atoms with Crippen LogP contribution < -0.4 is 5.32 Å². The predicted octanol–water partition coefficient (Wildman–Crippen LogP) is 4.29. The lowest BCUT2D eigenvalue weighted by atomic mass is 10.2. The van der Waals surface area contributed by atoms with Crippen LogP contribution in [0.2, 0.25) is 0 Å². The summed E-state index contributed by atoms with van der Waals surface area (Å²) in [5, 5.41) is 11.3. The topological polar surface area (TPSA) is 80.9 Å². The van der Waals surface area contributed by atoms with Crippen molar-refractivity contribution < 1.29 is 9.32 Å². The van der Waals surface area contributed by atoms with E-state index in [-0.39, 0.29) is 12.3 Å². The molecule has 8 heteroatoms. The number of hydrogen-bond acceptors (Lipinski definition) is 7. The minimum absolute atomic E-state index is 0.119. The first-order valence-corrected chi connectivity index (χ1v) is 9.46. The monoisotopic (exact) mass is 370 g/mol. The van der Waals surface area contributed by atoms with Gasteiger partial charge in [-0.15, -0.1) is 0 Å². The van der Waals surface area contributed by atoms with E-state index in [0.717, 1.165) is 21.3 Å². The Morgan fingerprint density at radius 2 is 2.20 bits per heavy atom. The van der Waals surface area contributed by atoms with E-state index >= 15 is 0 Å². The smallest absolute Gasteiger partial charge is 0.227 e. The number of amides is 1. The Bertz CT molecular complexity index is 1020. The predicted molar refractivity (Wildman–Crippen MR) is 98.9 cm³/mol. The number of aryl methyl sites for hydroxylation is 2. The Hall–Kier alpha value is -2.58. The first-order valence-electron chi connectivity index (χ1n) is 7.70. The number of rotatable bonds is 5. The maximum atomic E-state index is 12.2. The fourth-order valence-corrected chi connectivity index (χ4v) is 4.00. The van der Waals surface area contributed by atoms with E-state index in [9.17, 15) is 4.79 Å². The van der Waals surface area contributed by atoms with Gasteiger partial charge in [-0.25, -0.2) is 4.98 Å². The van der Waals surface area contributed by atoms with Crippen molar-refractivity contribution in [2.45, 2.75) is 19.8 Å². The van der Waals surface area contributed by atoms with Gasteiger partial charge in [-0.2, -0.15) is 16.3 Å². The first-order chi connectivity index (χ1) is 12.2. The largest absolute Gasteiger partial charge is 0.339 e. The van der Waals surface area contributed by atoms with Crippen LogP contribution in [0.3, 0.4) is 0 Å². The lowest BCUT2D eigenvalue weighted by Gasteiger charge is -1.98. The molecule has 0 aliphatic carbocycles. The minimum Gasteiger partial charge on any atom is -0.339 e. The molecular weight excluding hydrogens is 356 g/mol.